The van der Waals surface area contributed by atoms with E-state index in [0.29, 0.717) is 38.7 Å². The predicted octanol–water partition coefficient (Wildman–Crippen LogP) is 5.35. The number of fused-ring (bicyclic) bond motifs is 2. The Morgan fingerprint density at radius 3 is 2.57 bits per heavy atom. The Morgan fingerprint density at radius 1 is 1.21 bits per heavy atom. The third-order valence-corrected chi connectivity index (χ3v) is 10.4. The first-order valence-corrected chi connectivity index (χ1v) is 15.1. The monoisotopic (exact) mass is 593 g/mol. The Bertz CT molecular complexity index is 1740. The third-order valence-electron chi connectivity index (χ3n) is 9.06. The number of carboxylic acids is 1. The van der Waals surface area contributed by atoms with Crippen LogP contribution in [0.15, 0.2) is 50.7 Å². The molecule has 1 aromatic carbocycles. The Labute approximate surface area is 246 Å². The molecule has 11 heteroatoms. The van der Waals surface area contributed by atoms with Crippen LogP contribution in [0, 0.1) is 18.8 Å². The zero-order chi connectivity index (χ0) is 29.8. The molecule has 3 heterocycles. The third kappa shape index (κ3) is 4.68. The van der Waals surface area contributed by atoms with E-state index in [9.17, 15) is 19.5 Å². The van der Waals surface area contributed by atoms with Gasteiger partial charge in [-0.2, -0.15) is 0 Å². The van der Waals surface area contributed by atoms with Gasteiger partial charge < -0.3 is 19.0 Å². The van der Waals surface area contributed by atoms with Crippen LogP contribution in [0.2, 0.25) is 0 Å². The summed E-state index contributed by atoms with van der Waals surface area (Å²) in [5, 5.41) is 10.3. The molecule has 0 saturated heterocycles. The van der Waals surface area contributed by atoms with Crippen molar-refractivity contribution in [2.45, 2.75) is 77.2 Å². The van der Waals surface area contributed by atoms with E-state index in [1.54, 1.807) is 14.0 Å². The van der Waals surface area contributed by atoms with Gasteiger partial charge in [-0.3, -0.25) is 9.36 Å². The van der Waals surface area contributed by atoms with Crippen molar-refractivity contribution in [2.24, 2.45) is 11.8 Å². The van der Waals surface area contributed by atoms with Crippen LogP contribution in [0.1, 0.15) is 63.2 Å². The number of aromatic nitrogens is 3. The summed E-state index contributed by atoms with van der Waals surface area (Å²) in [5.74, 6) is 0.982. The Balaban J connectivity index is 1.54. The molecule has 0 amide bonds. The van der Waals surface area contributed by atoms with Crippen molar-refractivity contribution in [3.8, 4) is 16.5 Å². The molecule has 2 saturated carbocycles. The topological polar surface area (TPSA) is 126 Å². The first kappa shape index (κ1) is 28.4. The number of hydrogen-bond donors (Lipinski definition) is 1. The molecule has 0 bridgehead atoms. The molecule has 222 valence electrons. The number of aryl methyl sites for hydroxylation is 1. The second-order valence-electron chi connectivity index (χ2n) is 11.9. The fourth-order valence-corrected chi connectivity index (χ4v) is 8.04. The van der Waals surface area contributed by atoms with Crippen LogP contribution >= 0.6 is 11.3 Å². The van der Waals surface area contributed by atoms with E-state index < -0.39 is 28.9 Å². The van der Waals surface area contributed by atoms with Crippen molar-refractivity contribution in [3.05, 3.63) is 68.7 Å². The van der Waals surface area contributed by atoms with Crippen LogP contribution in [0.4, 0.5) is 0 Å². The van der Waals surface area contributed by atoms with Crippen LogP contribution in [-0.4, -0.2) is 38.4 Å². The van der Waals surface area contributed by atoms with Crippen LogP contribution < -0.4 is 16.0 Å². The standard InChI is InChI=1S/C31H35N3O7S/c1-17-24-27(35)34(31(2,3)29(36)37)30(38)33(28(24)42-25(17)26-32-12-13-40-26)16-23(21-10-5-6-11-22(21)39-4)41-20-14-18-8-7-9-19(18)15-20/h5-6,10-13,18-20,23H,7-9,14-16H2,1-4H3,(H,36,37)/t18-,19+,20?,23-/m0/s1. The zero-order valence-corrected chi connectivity index (χ0v) is 25.0. The number of thiophene rings is 1. The van der Waals surface area contributed by atoms with Crippen LogP contribution in [0.25, 0.3) is 21.0 Å². The van der Waals surface area contributed by atoms with Crippen molar-refractivity contribution in [3.63, 3.8) is 0 Å². The molecule has 2 aliphatic rings. The average molecular weight is 594 g/mol. The number of methoxy groups -OCH3 is 1. The van der Waals surface area contributed by atoms with Crippen molar-refractivity contribution in [1.82, 2.24) is 14.1 Å². The summed E-state index contributed by atoms with van der Waals surface area (Å²) in [6, 6.07) is 7.57. The summed E-state index contributed by atoms with van der Waals surface area (Å²) < 4.78 is 20.4. The molecule has 1 unspecified atom stereocenters. The zero-order valence-electron chi connectivity index (χ0n) is 24.2. The lowest BCUT2D eigenvalue weighted by molar-refractivity contribution is -0.146. The SMILES string of the molecule is COc1ccccc1[C@H](Cn1c(=O)n(C(C)(C)C(=O)O)c(=O)c2c(C)c(-c3ncco3)sc21)OC1C[C@H]2CCC[C@H]2C1. The largest absolute Gasteiger partial charge is 0.496 e. The lowest BCUT2D eigenvalue weighted by Gasteiger charge is -2.27. The summed E-state index contributed by atoms with van der Waals surface area (Å²) in [4.78, 5) is 45.7. The van der Waals surface area contributed by atoms with Gasteiger partial charge in [0.25, 0.3) is 5.56 Å². The number of hydrogen-bond acceptors (Lipinski definition) is 8. The summed E-state index contributed by atoms with van der Waals surface area (Å²) in [6.45, 7) is 4.54. The van der Waals surface area contributed by atoms with E-state index in [1.165, 1.54) is 61.5 Å². The number of carboxylic acid groups (broad SMARTS) is 1. The molecule has 0 spiro atoms. The van der Waals surface area contributed by atoms with Crippen molar-refractivity contribution in [2.75, 3.05) is 7.11 Å². The highest BCUT2D eigenvalue weighted by Crippen LogP contribution is 2.46. The molecular formula is C31H35N3O7S. The fourth-order valence-electron chi connectivity index (χ4n) is 6.80. The average Bonchev–Trinajstić information content (AvgIpc) is 3.75. The lowest BCUT2D eigenvalue weighted by atomic mass is 10.0. The summed E-state index contributed by atoms with van der Waals surface area (Å²) in [5.41, 5.74) is -1.82. The summed E-state index contributed by atoms with van der Waals surface area (Å²) >= 11 is 1.23. The molecular weight excluding hydrogens is 558 g/mol. The minimum absolute atomic E-state index is 0.0238. The maximum absolute atomic E-state index is 14.2. The van der Waals surface area contributed by atoms with Gasteiger partial charge in [-0.25, -0.2) is 19.1 Å². The number of benzene rings is 1. The number of ether oxygens (including phenoxy) is 2. The Morgan fingerprint density at radius 2 is 1.93 bits per heavy atom. The highest BCUT2D eigenvalue weighted by molar-refractivity contribution is 7.22. The van der Waals surface area contributed by atoms with Gasteiger partial charge >= 0.3 is 11.7 Å². The molecule has 2 aliphatic carbocycles. The maximum atomic E-state index is 14.2. The molecule has 10 nitrogen and oxygen atoms in total. The summed E-state index contributed by atoms with van der Waals surface area (Å²) in [6.07, 6.45) is 8.04. The van der Waals surface area contributed by atoms with Crippen molar-refractivity contribution < 1.29 is 23.8 Å². The molecule has 1 N–H and O–H groups in total. The molecule has 3 aromatic heterocycles. The first-order valence-electron chi connectivity index (χ1n) is 14.3. The van der Waals surface area contributed by atoms with Gasteiger partial charge in [-0.15, -0.1) is 11.3 Å². The van der Waals surface area contributed by atoms with Gasteiger partial charge in [-0.05, 0) is 57.1 Å². The number of carbonyl (C=O) groups is 1. The van der Waals surface area contributed by atoms with E-state index in [4.69, 9.17) is 13.9 Å². The molecule has 6 rings (SSSR count). The second-order valence-corrected chi connectivity index (χ2v) is 12.9. The van der Waals surface area contributed by atoms with Crippen LogP contribution in [0.5, 0.6) is 5.75 Å². The fraction of sp³-hybridized carbons (Fsp3) is 0.484. The van der Waals surface area contributed by atoms with Gasteiger partial charge in [-0.1, -0.05) is 37.5 Å². The summed E-state index contributed by atoms with van der Waals surface area (Å²) in [7, 11) is 1.60. The van der Waals surface area contributed by atoms with Gasteiger partial charge in [0.05, 0.1) is 36.2 Å². The number of oxazole rings is 1. The van der Waals surface area contributed by atoms with Crippen LogP contribution in [0.3, 0.4) is 0 Å². The molecule has 0 aliphatic heterocycles. The van der Waals surface area contributed by atoms with Gasteiger partial charge in [0.1, 0.15) is 28.5 Å². The Kier molecular flexibility index (Phi) is 7.34. The molecule has 42 heavy (non-hydrogen) atoms. The quantitative estimate of drug-likeness (QED) is 0.275. The molecule has 2 fully saturated rings. The molecule has 4 atom stereocenters. The maximum Gasteiger partial charge on any atom is 0.333 e. The number of aliphatic carboxylic acids is 1. The molecule has 4 aromatic rings. The van der Waals surface area contributed by atoms with E-state index in [2.05, 4.69) is 4.98 Å². The second kappa shape index (κ2) is 10.9. The Hall–Kier alpha value is -3.70. The van der Waals surface area contributed by atoms with Crippen LogP contribution in [-0.2, 0) is 21.6 Å². The van der Waals surface area contributed by atoms with Crippen molar-refractivity contribution >= 4 is 27.5 Å². The van der Waals surface area contributed by atoms with Gasteiger partial charge in [0, 0.05) is 5.56 Å². The first-order chi connectivity index (χ1) is 20.1. The number of rotatable bonds is 9. The number of nitrogens with zero attached hydrogens (tertiary/aromatic N) is 3. The predicted molar refractivity (Wildman–Crippen MR) is 158 cm³/mol. The van der Waals surface area contributed by atoms with Gasteiger partial charge in [0.2, 0.25) is 5.89 Å². The van der Waals surface area contributed by atoms with Crippen molar-refractivity contribution in [1.29, 1.82) is 0 Å². The highest BCUT2D eigenvalue weighted by Gasteiger charge is 2.40. The normalized spacial score (nSPS) is 21.1. The van der Waals surface area contributed by atoms with E-state index in [1.807, 2.05) is 24.3 Å². The number of para-hydroxylation sites is 1. The highest BCUT2D eigenvalue weighted by atomic mass is 32.1. The lowest BCUT2D eigenvalue weighted by Crippen LogP contribution is -2.52. The minimum atomic E-state index is -1.80. The smallest absolute Gasteiger partial charge is 0.333 e. The van der Waals surface area contributed by atoms with Gasteiger partial charge in [0.15, 0.2) is 0 Å². The van der Waals surface area contributed by atoms with E-state index in [0.717, 1.165) is 23.0 Å². The van der Waals surface area contributed by atoms with E-state index >= 15 is 0 Å². The molecule has 0 radical (unpaired) electrons. The van der Waals surface area contributed by atoms with E-state index in [-0.39, 0.29) is 18.0 Å². The minimum Gasteiger partial charge on any atom is -0.496 e.